The van der Waals surface area contributed by atoms with Gasteiger partial charge in [-0.2, -0.15) is 0 Å². The summed E-state index contributed by atoms with van der Waals surface area (Å²) in [5.74, 6) is 1.35. The maximum absolute atomic E-state index is 8.00. The first kappa shape index (κ1) is 22.8. The number of carbonyl (C=O) groups is 1. The molecule has 0 aromatic carbocycles. The maximum atomic E-state index is 8.00. The topological polar surface area (TPSA) is 17.1 Å². The summed E-state index contributed by atoms with van der Waals surface area (Å²) < 4.78 is 0. The fourth-order valence-corrected chi connectivity index (χ4v) is 1.64. The first-order chi connectivity index (χ1) is 9.04. The second kappa shape index (κ2) is 16.6. The lowest BCUT2D eigenvalue weighted by Crippen LogP contribution is -2.01. The zero-order valence-electron chi connectivity index (χ0n) is 13.5. The van der Waals surface area contributed by atoms with Crippen LogP contribution in [0.25, 0.3) is 0 Å². The molecular formula is C18H32O. The molecule has 0 radical (unpaired) electrons. The molecule has 0 bridgehead atoms. The van der Waals surface area contributed by atoms with E-state index in [1.165, 1.54) is 12.8 Å². The lowest BCUT2D eigenvalue weighted by molar-refractivity contribution is -0.0979. The molecular weight excluding hydrogens is 232 g/mol. The molecule has 0 saturated carbocycles. The van der Waals surface area contributed by atoms with Gasteiger partial charge in [0, 0.05) is 0 Å². The van der Waals surface area contributed by atoms with E-state index >= 15 is 0 Å². The third kappa shape index (κ3) is 12.9. The monoisotopic (exact) mass is 264 g/mol. The van der Waals surface area contributed by atoms with Gasteiger partial charge in [0.1, 0.15) is 6.79 Å². The van der Waals surface area contributed by atoms with E-state index in [9.17, 15) is 0 Å². The molecule has 110 valence electrons. The third-order valence-electron chi connectivity index (χ3n) is 2.55. The van der Waals surface area contributed by atoms with Crippen LogP contribution < -0.4 is 0 Å². The van der Waals surface area contributed by atoms with E-state index in [-0.39, 0.29) is 0 Å². The van der Waals surface area contributed by atoms with Gasteiger partial charge in [-0.3, -0.25) is 0 Å². The second-order valence-electron chi connectivity index (χ2n) is 4.35. The van der Waals surface area contributed by atoms with Crippen LogP contribution in [0, 0.1) is 11.8 Å². The van der Waals surface area contributed by atoms with E-state index in [4.69, 9.17) is 4.79 Å². The quantitative estimate of drug-likeness (QED) is 0.535. The maximum Gasteiger partial charge on any atom is 0.106 e. The Balaban J connectivity index is -0.000000579. The molecule has 0 spiro atoms. The van der Waals surface area contributed by atoms with Crippen LogP contribution in [0.5, 0.6) is 0 Å². The molecule has 19 heavy (non-hydrogen) atoms. The van der Waals surface area contributed by atoms with E-state index in [0.29, 0.717) is 5.92 Å². The Labute approximate surface area is 120 Å². The van der Waals surface area contributed by atoms with Crippen LogP contribution in [0.2, 0.25) is 0 Å². The van der Waals surface area contributed by atoms with Crippen molar-refractivity contribution in [2.45, 2.75) is 47.5 Å². The van der Waals surface area contributed by atoms with Gasteiger partial charge in [0.05, 0.1) is 0 Å². The number of allylic oxidation sites excluding steroid dienone is 5. The molecule has 0 fully saturated rings. The minimum absolute atomic E-state index is 0.620. The van der Waals surface area contributed by atoms with Crippen molar-refractivity contribution >= 4 is 6.79 Å². The summed E-state index contributed by atoms with van der Waals surface area (Å²) >= 11 is 0. The minimum Gasteiger partial charge on any atom is -0.307 e. The molecule has 1 unspecified atom stereocenters. The van der Waals surface area contributed by atoms with Crippen LogP contribution in [-0.2, 0) is 4.79 Å². The van der Waals surface area contributed by atoms with Crippen LogP contribution in [0.4, 0.5) is 0 Å². The summed E-state index contributed by atoms with van der Waals surface area (Å²) in [5, 5.41) is 0. The Kier molecular flexibility index (Phi) is 19.9. The number of hydrogen-bond donors (Lipinski definition) is 0. The van der Waals surface area contributed by atoms with Gasteiger partial charge in [-0.05, 0) is 35.8 Å². The van der Waals surface area contributed by atoms with Crippen LogP contribution >= 0.6 is 0 Å². The summed E-state index contributed by atoms with van der Waals surface area (Å²) in [6.07, 6.45) is 8.32. The highest BCUT2D eigenvalue weighted by Gasteiger charge is 2.07. The third-order valence-corrected chi connectivity index (χ3v) is 2.55. The lowest BCUT2D eigenvalue weighted by atomic mass is 9.91. The van der Waals surface area contributed by atoms with Crippen molar-refractivity contribution in [3.63, 3.8) is 0 Å². The molecule has 0 aliphatic carbocycles. The highest BCUT2D eigenvalue weighted by Crippen LogP contribution is 2.21. The summed E-state index contributed by atoms with van der Waals surface area (Å²) in [5.41, 5.74) is 2.09. The Hall–Kier alpha value is -1.37. The zero-order chi connectivity index (χ0) is 15.8. The molecule has 0 rings (SSSR count). The van der Waals surface area contributed by atoms with Crippen molar-refractivity contribution in [1.29, 1.82) is 0 Å². The molecule has 0 aromatic heterocycles. The molecule has 1 atom stereocenters. The van der Waals surface area contributed by atoms with Gasteiger partial charge in [-0.15, -0.1) is 0 Å². The van der Waals surface area contributed by atoms with Gasteiger partial charge < -0.3 is 4.79 Å². The van der Waals surface area contributed by atoms with E-state index in [2.05, 4.69) is 46.6 Å². The summed E-state index contributed by atoms with van der Waals surface area (Å²) in [6, 6.07) is 0. The minimum atomic E-state index is 0.620. The smallest absolute Gasteiger partial charge is 0.106 e. The van der Waals surface area contributed by atoms with Gasteiger partial charge >= 0.3 is 0 Å². The van der Waals surface area contributed by atoms with Crippen molar-refractivity contribution in [3.8, 4) is 0 Å². The molecule has 1 heteroatoms. The largest absolute Gasteiger partial charge is 0.307 e. The fourth-order valence-electron chi connectivity index (χ4n) is 1.64. The predicted molar refractivity (Wildman–Crippen MR) is 89.3 cm³/mol. The molecule has 0 aliphatic rings. The van der Waals surface area contributed by atoms with Crippen LogP contribution in [0.1, 0.15) is 47.5 Å². The van der Waals surface area contributed by atoms with Gasteiger partial charge in [0.2, 0.25) is 0 Å². The highest BCUT2D eigenvalue weighted by atomic mass is 16.1. The van der Waals surface area contributed by atoms with Gasteiger partial charge in [-0.25, -0.2) is 0 Å². The average Bonchev–Trinajstić information content (AvgIpc) is 2.46. The van der Waals surface area contributed by atoms with Crippen molar-refractivity contribution in [3.05, 3.63) is 49.1 Å². The molecule has 0 amide bonds. The molecule has 1 nitrogen and oxygen atoms in total. The van der Waals surface area contributed by atoms with Crippen molar-refractivity contribution in [1.82, 2.24) is 0 Å². The number of hydrogen-bond acceptors (Lipinski definition) is 1. The summed E-state index contributed by atoms with van der Waals surface area (Å²) in [7, 11) is 0. The second-order valence-corrected chi connectivity index (χ2v) is 4.35. The Bertz CT molecular complexity index is 271. The van der Waals surface area contributed by atoms with Crippen molar-refractivity contribution in [2.75, 3.05) is 0 Å². The molecule has 0 aromatic rings. The Morgan fingerprint density at radius 3 is 1.84 bits per heavy atom. The van der Waals surface area contributed by atoms with Crippen LogP contribution in [-0.4, -0.2) is 6.79 Å². The fraction of sp³-hybridized carbons (Fsp3) is 0.500. The number of carbonyl (C=O) groups excluding carboxylic acids is 1. The van der Waals surface area contributed by atoms with Crippen LogP contribution in [0.3, 0.4) is 0 Å². The SMILES string of the molecule is C=CC(=C)/C(C=C)=C\C(CC)CC(C)C.C=O.CC. The first-order valence-corrected chi connectivity index (χ1v) is 6.99. The Morgan fingerprint density at radius 1 is 1.11 bits per heavy atom. The number of rotatable bonds is 7. The normalized spacial score (nSPS) is 11.4. The van der Waals surface area contributed by atoms with Gasteiger partial charge in [0.15, 0.2) is 0 Å². The standard InChI is InChI=1S/C15H24.C2H6.CH2O/c1-7-13(6)15(9-3)11-14(8-2)10-12(4)5;2*1-2/h7,9,11-12,14H,1,3,6,8,10H2,2,4-5H3;1-2H3;1H2/b15-11-;;. The lowest BCUT2D eigenvalue weighted by Gasteiger charge is -2.14. The van der Waals surface area contributed by atoms with Gasteiger partial charge in [-0.1, -0.05) is 72.6 Å². The van der Waals surface area contributed by atoms with Gasteiger partial charge in [0.25, 0.3) is 0 Å². The van der Waals surface area contributed by atoms with Crippen molar-refractivity contribution in [2.24, 2.45) is 11.8 Å². The Morgan fingerprint density at radius 2 is 1.58 bits per heavy atom. The average molecular weight is 264 g/mol. The van der Waals surface area contributed by atoms with E-state index in [1.807, 2.05) is 26.7 Å². The summed E-state index contributed by atoms with van der Waals surface area (Å²) in [4.78, 5) is 8.00. The molecule has 0 aliphatic heterocycles. The van der Waals surface area contributed by atoms with E-state index in [0.717, 1.165) is 17.1 Å². The zero-order valence-corrected chi connectivity index (χ0v) is 13.5. The first-order valence-electron chi connectivity index (χ1n) is 6.99. The van der Waals surface area contributed by atoms with E-state index < -0.39 is 0 Å². The van der Waals surface area contributed by atoms with E-state index in [1.54, 1.807) is 6.08 Å². The van der Waals surface area contributed by atoms with Crippen molar-refractivity contribution < 1.29 is 4.79 Å². The molecule has 0 saturated heterocycles. The van der Waals surface area contributed by atoms with Crippen LogP contribution in [0.15, 0.2) is 49.1 Å². The summed E-state index contributed by atoms with van der Waals surface area (Å²) in [6.45, 7) is 24.2. The molecule has 0 heterocycles. The highest BCUT2D eigenvalue weighted by molar-refractivity contribution is 5.43. The predicted octanol–water partition coefficient (Wildman–Crippen LogP) is 5.75. The molecule has 0 N–H and O–H groups in total.